The van der Waals surface area contributed by atoms with Gasteiger partial charge in [0.2, 0.25) is 0 Å². The summed E-state index contributed by atoms with van der Waals surface area (Å²) in [6.45, 7) is 2.55. The van der Waals surface area contributed by atoms with Gasteiger partial charge in [-0.2, -0.15) is 0 Å². The Bertz CT molecular complexity index is 518. The molecule has 4 heteroatoms. The summed E-state index contributed by atoms with van der Waals surface area (Å²) in [5.74, 6) is 0.712. The number of hydrogen-bond acceptors (Lipinski definition) is 3. The van der Waals surface area contributed by atoms with Gasteiger partial charge < -0.3 is 5.11 Å². The van der Waals surface area contributed by atoms with Crippen molar-refractivity contribution >= 4 is 11.8 Å². The summed E-state index contributed by atoms with van der Waals surface area (Å²) in [6, 6.07) is 16.8. The molecule has 2 aromatic carbocycles. The molecule has 1 N–H and O–H groups in total. The highest BCUT2D eigenvalue weighted by Crippen LogP contribution is 2.18. The molecule has 0 aromatic heterocycles. The van der Waals surface area contributed by atoms with Crippen LogP contribution in [0.1, 0.15) is 5.56 Å². The molecule has 0 bridgehead atoms. The second-order valence-corrected chi connectivity index (χ2v) is 5.96. The third-order valence-electron chi connectivity index (χ3n) is 3.16. The lowest BCUT2D eigenvalue weighted by atomic mass is 10.2. The number of aliphatic hydroxyl groups excluding tert-OH is 1. The van der Waals surface area contributed by atoms with Crippen LogP contribution in [0.3, 0.4) is 0 Å². The maximum absolute atomic E-state index is 12.8. The molecule has 0 heterocycles. The van der Waals surface area contributed by atoms with Crippen molar-refractivity contribution in [3.63, 3.8) is 0 Å². The Hall–Kier alpha value is -1.36. The van der Waals surface area contributed by atoms with E-state index < -0.39 is 0 Å². The number of nitrogens with zero attached hydrogens (tertiary/aromatic N) is 1. The van der Waals surface area contributed by atoms with Crippen LogP contribution in [0.2, 0.25) is 0 Å². The SMILES string of the molecule is OCCN(CCSc1ccc(F)cc1)Cc1ccccc1. The van der Waals surface area contributed by atoms with E-state index in [-0.39, 0.29) is 12.4 Å². The van der Waals surface area contributed by atoms with Crippen LogP contribution >= 0.6 is 11.8 Å². The molecule has 0 saturated heterocycles. The maximum Gasteiger partial charge on any atom is 0.123 e. The fourth-order valence-electron chi connectivity index (χ4n) is 2.08. The van der Waals surface area contributed by atoms with Gasteiger partial charge in [-0.3, -0.25) is 4.90 Å². The fraction of sp³-hybridized carbons (Fsp3) is 0.294. The predicted molar refractivity (Wildman–Crippen MR) is 85.9 cm³/mol. The molecule has 0 unspecified atom stereocenters. The Balaban J connectivity index is 1.81. The molecule has 0 saturated carbocycles. The van der Waals surface area contributed by atoms with Crippen molar-refractivity contribution in [2.24, 2.45) is 0 Å². The summed E-state index contributed by atoms with van der Waals surface area (Å²) in [5.41, 5.74) is 1.25. The third kappa shape index (κ3) is 5.87. The zero-order valence-corrected chi connectivity index (χ0v) is 12.7. The van der Waals surface area contributed by atoms with Crippen molar-refractivity contribution in [2.75, 3.05) is 25.4 Å². The molecule has 0 aliphatic carbocycles. The summed E-state index contributed by atoms with van der Waals surface area (Å²) >= 11 is 1.70. The van der Waals surface area contributed by atoms with Crippen molar-refractivity contribution in [1.29, 1.82) is 0 Å². The standard InChI is InChI=1S/C17H20FNOS/c18-16-6-8-17(9-7-16)21-13-11-19(10-12-20)14-15-4-2-1-3-5-15/h1-9,20H,10-14H2. The zero-order chi connectivity index (χ0) is 14.9. The molecule has 0 fully saturated rings. The molecule has 112 valence electrons. The molecule has 0 aliphatic rings. The monoisotopic (exact) mass is 305 g/mol. The molecule has 2 aromatic rings. The first-order valence-electron chi connectivity index (χ1n) is 7.03. The summed E-state index contributed by atoms with van der Waals surface area (Å²) in [6.07, 6.45) is 0. The van der Waals surface area contributed by atoms with E-state index in [4.69, 9.17) is 0 Å². The average molecular weight is 305 g/mol. The lowest BCUT2D eigenvalue weighted by Gasteiger charge is -2.21. The van der Waals surface area contributed by atoms with E-state index in [1.807, 2.05) is 18.2 Å². The number of halogens is 1. The van der Waals surface area contributed by atoms with E-state index in [0.717, 1.165) is 23.7 Å². The summed E-state index contributed by atoms with van der Waals surface area (Å²) in [7, 11) is 0. The van der Waals surface area contributed by atoms with Crippen molar-refractivity contribution < 1.29 is 9.50 Å². The zero-order valence-electron chi connectivity index (χ0n) is 11.9. The van der Waals surface area contributed by atoms with Crippen LogP contribution in [0.25, 0.3) is 0 Å². The minimum atomic E-state index is -0.203. The topological polar surface area (TPSA) is 23.5 Å². The highest BCUT2D eigenvalue weighted by atomic mass is 32.2. The van der Waals surface area contributed by atoms with E-state index in [1.54, 1.807) is 23.9 Å². The van der Waals surface area contributed by atoms with E-state index >= 15 is 0 Å². The number of hydrogen-bond donors (Lipinski definition) is 1. The van der Waals surface area contributed by atoms with Crippen molar-refractivity contribution in [2.45, 2.75) is 11.4 Å². The molecule has 2 nitrogen and oxygen atoms in total. The summed E-state index contributed by atoms with van der Waals surface area (Å²) < 4.78 is 12.8. The Morgan fingerprint density at radius 2 is 1.67 bits per heavy atom. The van der Waals surface area contributed by atoms with E-state index in [2.05, 4.69) is 17.0 Å². The van der Waals surface area contributed by atoms with Gasteiger partial charge in [-0.05, 0) is 29.8 Å². The number of rotatable bonds is 8. The van der Waals surface area contributed by atoms with Gasteiger partial charge in [0.1, 0.15) is 5.82 Å². The fourth-order valence-corrected chi connectivity index (χ4v) is 2.99. The van der Waals surface area contributed by atoms with Gasteiger partial charge >= 0.3 is 0 Å². The molecule has 0 spiro atoms. The molecule has 2 rings (SSSR count). The normalized spacial score (nSPS) is 11.0. The van der Waals surface area contributed by atoms with Crippen LogP contribution in [-0.4, -0.2) is 35.5 Å². The highest BCUT2D eigenvalue weighted by Gasteiger charge is 2.05. The predicted octanol–water partition coefficient (Wildman–Crippen LogP) is 3.41. The lowest BCUT2D eigenvalue weighted by molar-refractivity contribution is 0.198. The van der Waals surface area contributed by atoms with Gasteiger partial charge in [0.25, 0.3) is 0 Å². The van der Waals surface area contributed by atoms with Crippen molar-refractivity contribution in [3.05, 3.63) is 66.0 Å². The number of aliphatic hydroxyl groups is 1. The van der Waals surface area contributed by atoms with Crippen LogP contribution in [0, 0.1) is 5.82 Å². The van der Waals surface area contributed by atoms with Crippen LogP contribution < -0.4 is 0 Å². The van der Waals surface area contributed by atoms with Crippen molar-refractivity contribution in [3.8, 4) is 0 Å². The third-order valence-corrected chi connectivity index (χ3v) is 4.15. The van der Waals surface area contributed by atoms with Crippen LogP contribution in [0.15, 0.2) is 59.5 Å². The average Bonchev–Trinajstić information content (AvgIpc) is 2.50. The van der Waals surface area contributed by atoms with Crippen LogP contribution in [0.5, 0.6) is 0 Å². The van der Waals surface area contributed by atoms with E-state index in [9.17, 15) is 9.50 Å². The van der Waals surface area contributed by atoms with Gasteiger partial charge in [-0.1, -0.05) is 30.3 Å². The molecular formula is C17H20FNOS. The van der Waals surface area contributed by atoms with Crippen LogP contribution in [0.4, 0.5) is 4.39 Å². The van der Waals surface area contributed by atoms with Gasteiger partial charge in [0.15, 0.2) is 0 Å². The number of benzene rings is 2. The highest BCUT2D eigenvalue weighted by molar-refractivity contribution is 7.99. The minimum Gasteiger partial charge on any atom is -0.395 e. The van der Waals surface area contributed by atoms with Crippen molar-refractivity contribution in [1.82, 2.24) is 4.90 Å². The summed E-state index contributed by atoms with van der Waals surface area (Å²) in [5, 5.41) is 9.17. The van der Waals surface area contributed by atoms with Gasteiger partial charge in [0, 0.05) is 30.3 Å². The molecule has 0 atom stereocenters. The Morgan fingerprint density at radius 1 is 0.952 bits per heavy atom. The Morgan fingerprint density at radius 3 is 2.33 bits per heavy atom. The summed E-state index contributed by atoms with van der Waals surface area (Å²) in [4.78, 5) is 3.30. The second kappa shape index (κ2) is 8.82. The number of thioether (sulfide) groups is 1. The van der Waals surface area contributed by atoms with Crippen LogP contribution in [-0.2, 0) is 6.54 Å². The molecule has 0 amide bonds. The maximum atomic E-state index is 12.8. The Kier molecular flexibility index (Phi) is 6.73. The molecule has 0 aliphatic heterocycles. The van der Waals surface area contributed by atoms with E-state index in [0.29, 0.717) is 6.54 Å². The largest absolute Gasteiger partial charge is 0.395 e. The van der Waals surface area contributed by atoms with E-state index in [1.165, 1.54) is 17.7 Å². The van der Waals surface area contributed by atoms with Gasteiger partial charge in [0.05, 0.1) is 6.61 Å². The first-order chi connectivity index (χ1) is 10.3. The first kappa shape index (κ1) is 16.0. The molecule has 0 radical (unpaired) electrons. The van der Waals surface area contributed by atoms with Gasteiger partial charge in [-0.25, -0.2) is 4.39 Å². The minimum absolute atomic E-state index is 0.161. The molecular weight excluding hydrogens is 285 g/mol. The molecule has 21 heavy (non-hydrogen) atoms. The quantitative estimate of drug-likeness (QED) is 0.756. The Labute approximate surface area is 129 Å². The first-order valence-corrected chi connectivity index (χ1v) is 8.02. The second-order valence-electron chi connectivity index (χ2n) is 4.79. The van der Waals surface area contributed by atoms with Gasteiger partial charge in [-0.15, -0.1) is 11.8 Å². The smallest absolute Gasteiger partial charge is 0.123 e. The lowest BCUT2D eigenvalue weighted by Crippen LogP contribution is -2.28.